The summed E-state index contributed by atoms with van der Waals surface area (Å²) in [6.07, 6.45) is 8.12. The van der Waals surface area contributed by atoms with Gasteiger partial charge in [0.15, 0.2) is 6.61 Å². The van der Waals surface area contributed by atoms with Gasteiger partial charge in [0.05, 0.1) is 11.0 Å². The van der Waals surface area contributed by atoms with Crippen LogP contribution in [-0.2, 0) is 14.3 Å². The molecule has 0 saturated heterocycles. The first-order valence-electron chi connectivity index (χ1n) is 10.4. The predicted octanol–water partition coefficient (Wildman–Crippen LogP) is 3.19. The molecule has 0 aromatic carbocycles. The van der Waals surface area contributed by atoms with Gasteiger partial charge in [-0.15, -0.1) is 0 Å². The molecule has 4 aliphatic rings. The molecule has 4 aliphatic carbocycles. The minimum atomic E-state index is -0.684. The Hall–Kier alpha value is -1.10. The van der Waals surface area contributed by atoms with E-state index in [0.717, 1.165) is 51.4 Å². The Labute approximate surface area is 157 Å². The second kappa shape index (κ2) is 7.49. The van der Waals surface area contributed by atoms with Gasteiger partial charge in [-0.05, 0) is 69.6 Å². The van der Waals surface area contributed by atoms with Crippen molar-refractivity contribution in [2.45, 2.75) is 90.2 Å². The van der Waals surface area contributed by atoms with Gasteiger partial charge in [0, 0.05) is 6.04 Å². The van der Waals surface area contributed by atoms with Crippen molar-refractivity contribution in [2.75, 3.05) is 6.61 Å². The van der Waals surface area contributed by atoms with E-state index in [4.69, 9.17) is 4.74 Å². The van der Waals surface area contributed by atoms with E-state index in [1.54, 1.807) is 0 Å². The zero-order valence-electron chi connectivity index (χ0n) is 16.6. The molecule has 0 spiro atoms. The monoisotopic (exact) mass is 365 g/mol. The van der Waals surface area contributed by atoms with E-state index in [9.17, 15) is 14.7 Å². The van der Waals surface area contributed by atoms with Gasteiger partial charge < -0.3 is 15.2 Å². The topological polar surface area (TPSA) is 75.6 Å². The summed E-state index contributed by atoms with van der Waals surface area (Å²) in [4.78, 5) is 24.9. The van der Waals surface area contributed by atoms with Crippen molar-refractivity contribution in [3.63, 3.8) is 0 Å². The first-order chi connectivity index (χ1) is 12.2. The number of ether oxygens (including phenoxy) is 1. The van der Waals surface area contributed by atoms with Crippen LogP contribution in [0.1, 0.15) is 78.6 Å². The third-order valence-corrected chi connectivity index (χ3v) is 6.62. The largest absolute Gasteiger partial charge is 0.455 e. The van der Waals surface area contributed by atoms with Crippen LogP contribution in [-0.4, -0.2) is 35.2 Å². The summed E-state index contributed by atoms with van der Waals surface area (Å²) >= 11 is 0. The molecule has 26 heavy (non-hydrogen) atoms. The molecule has 1 amide bonds. The lowest BCUT2D eigenvalue weighted by molar-refractivity contribution is -0.196. The van der Waals surface area contributed by atoms with Crippen LogP contribution in [0.15, 0.2) is 0 Å². The highest BCUT2D eigenvalue weighted by atomic mass is 16.5. The molecule has 4 rings (SSSR count). The number of rotatable bonds is 8. The summed E-state index contributed by atoms with van der Waals surface area (Å²) in [5.41, 5.74) is -1.24. The normalized spacial score (nSPS) is 36.2. The standard InChI is InChI=1S/C21H35NO4/c1-14(2)5-4-6-15(3)22-18(23)12-26-19(24)20-8-16-7-17(9-20)11-21(25,10-16)13-20/h14-17,25H,4-13H2,1-3H3,(H,22,23). The van der Waals surface area contributed by atoms with Crippen LogP contribution < -0.4 is 5.32 Å². The Bertz CT molecular complexity index is 530. The van der Waals surface area contributed by atoms with E-state index < -0.39 is 11.0 Å². The van der Waals surface area contributed by atoms with Crippen LogP contribution in [0.4, 0.5) is 0 Å². The molecule has 5 heteroatoms. The lowest BCUT2D eigenvalue weighted by Gasteiger charge is -2.58. The molecule has 0 radical (unpaired) electrons. The molecular weight excluding hydrogens is 330 g/mol. The number of aliphatic hydroxyl groups is 1. The first kappa shape index (κ1) is 19.7. The third kappa shape index (κ3) is 4.41. The van der Waals surface area contributed by atoms with Crippen molar-refractivity contribution < 1.29 is 19.4 Å². The van der Waals surface area contributed by atoms with Gasteiger partial charge in [-0.3, -0.25) is 9.59 Å². The zero-order chi connectivity index (χ0) is 18.9. The van der Waals surface area contributed by atoms with Crippen molar-refractivity contribution in [1.82, 2.24) is 5.32 Å². The van der Waals surface area contributed by atoms with Crippen molar-refractivity contribution in [2.24, 2.45) is 23.2 Å². The Kier molecular flexibility index (Phi) is 5.66. The Morgan fingerprint density at radius 1 is 1.12 bits per heavy atom. The fourth-order valence-corrected chi connectivity index (χ4v) is 5.96. The minimum Gasteiger partial charge on any atom is -0.455 e. The molecule has 4 fully saturated rings. The van der Waals surface area contributed by atoms with Gasteiger partial charge in [-0.2, -0.15) is 0 Å². The maximum Gasteiger partial charge on any atom is 0.312 e. The van der Waals surface area contributed by atoms with Crippen LogP contribution in [0.3, 0.4) is 0 Å². The smallest absolute Gasteiger partial charge is 0.312 e. The number of hydrogen-bond donors (Lipinski definition) is 2. The highest BCUT2D eigenvalue weighted by Gasteiger charge is 2.60. The summed E-state index contributed by atoms with van der Waals surface area (Å²) in [7, 11) is 0. The van der Waals surface area contributed by atoms with Crippen LogP contribution >= 0.6 is 0 Å². The van der Waals surface area contributed by atoms with E-state index in [-0.39, 0.29) is 24.5 Å². The summed E-state index contributed by atoms with van der Waals surface area (Å²) in [6, 6.07) is 0.0974. The maximum atomic E-state index is 12.8. The van der Waals surface area contributed by atoms with Crippen LogP contribution in [0.25, 0.3) is 0 Å². The fraction of sp³-hybridized carbons (Fsp3) is 0.905. The molecule has 2 N–H and O–H groups in total. The van der Waals surface area contributed by atoms with E-state index in [0.29, 0.717) is 24.2 Å². The summed E-state index contributed by atoms with van der Waals surface area (Å²) in [5, 5.41) is 13.7. The second-order valence-electron chi connectivity index (χ2n) is 9.84. The molecule has 0 aromatic rings. The van der Waals surface area contributed by atoms with Gasteiger partial charge in [0.1, 0.15) is 0 Å². The molecule has 5 nitrogen and oxygen atoms in total. The lowest BCUT2D eigenvalue weighted by Crippen LogP contribution is -2.58. The van der Waals surface area contributed by atoms with Crippen molar-refractivity contribution in [1.29, 1.82) is 0 Å². The fourth-order valence-electron chi connectivity index (χ4n) is 5.96. The number of carbonyl (C=O) groups excluding carboxylic acids is 2. The summed E-state index contributed by atoms with van der Waals surface area (Å²) in [6.45, 7) is 6.19. The number of hydrogen-bond acceptors (Lipinski definition) is 4. The van der Waals surface area contributed by atoms with Crippen molar-refractivity contribution in [3.05, 3.63) is 0 Å². The third-order valence-electron chi connectivity index (χ3n) is 6.62. The van der Waals surface area contributed by atoms with Gasteiger partial charge >= 0.3 is 5.97 Å². The zero-order valence-corrected chi connectivity index (χ0v) is 16.6. The Balaban J connectivity index is 1.45. The van der Waals surface area contributed by atoms with E-state index in [1.807, 2.05) is 6.92 Å². The number of nitrogens with one attached hydrogen (secondary N) is 1. The average molecular weight is 366 g/mol. The Morgan fingerprint density at radius 3 is 2.35 bits per heavy atom. The average Bonchev–Trinajstić information content (AvgIpc) is 2.49. The minimum absolute atomic E-state index is 0.0974. The van der Waals surface area contributed by atoms with E-state index >= 15 is 0 Å². The molecule has 0 aromatic heterocycles. The lowest BCUT2D eigenvalue weighted by atomic mass is 9.48. The highest BCUT2D eigenvalue weighted by Crippen LogP contribution is 2.61. The summed E-state index contributed by atoms with van der Waals surface area (Å²) < 4.78 is 5.42. The van der Waals surface area contributed by atoms with Crippen molar-refractivity contribution in [3.8, 4) is 0 Å². The van der Waals surface area contributed by atoms with Gasteiger partial charge in [-0.25, -0.2) is 0 Å². The second-order valence-corrected chi connectivity index (χ2v) is 9.84. The molecule has 148 valence electrons. The van der Waals surface area contributed by atoms with Gasteiger partial charge in [0.25, 0.3) is 5.91 Å². The van der Waals surface area contributed by atoms with Crippen LogP contribution in [0, 0.1) is 23.2 Å². The number of esters is 1. The molecular formula is C21H35NO4. The molecule has 4 bridgehead atoms. The van der Waals surface area contributed by atoms with Gasteiger partial charge in [-0.1, -0.05) is 26.7 Å². The SMILES string of the molecule is CC(C)CCCC(C)NC(=O)COC(=O)C12CC3CC(CC(O)(C3)C1)C2. The van der Waals surface area contributed by atoms with Gasteiger partial charge in [0.2, 0.25) is 0 Å². The quantitative estimate of drug-likeness (QED) is 0.648. The first-order valence-corrected chi connectivity index (χ1v) is 10.4. The number of amides is 1. The predicted molar refractivity (Wildman–Crippen MR) is 99.3 cm³/mol. The maximum absolute atomic E-state index is 12.8. The number of carbonyl (C=O) groups is 2. The Morgan fingerprint density at radius 2 is 1.77 bits per heavy atom. The molecule has 3 atom stereocenters. The van der Waals surface area contributed by atoms with E-state index in [2.05, 4.69) is 19.2 Å². The van der Waals surface area contributed by atoms with Crippen molar-refractivity contribution >= 4 is 11.9 Å². The van der Waals surface area contributed by atoms with Crippen LogP contribution in [0.2, 0.25) is 0 Å². The summed E-state index contributed by atoms with van der Waals surface area (Å²) in [5.74, 6) is 1.05. The molecule has 0 heterocycles. The molecule has 0 aliphatic heterocycles. The molecule has 4 saturated carbocycles. The van der Waals surface area contributed by atoms with E-state index in [1.165, 1.54) is 0 Å². The molecule has 3 unspecified atom stereocenters. The highest BCUT2D eigenvalue weighted by molar-refractivity contribution is 5.83. The van der Waals surface area contributed by atoms with Crippen LogP contribution in [0.5, 0.6) is 0 Å².